The van der Waals surface area contributed by atoms with Crippen LogP contribution in [0.15, 0.2) is 48.5 Å². The summed E-state index contributed by atoms with van der Waals surface area (Å²) >= 11 is 0. The maximum absolute atomic E-state index is 12.8. The van der Waals surface area contributed by atoms with Gasteiger partial charge in [0.2, 0.25) is 0 Å². The summed E-state index contributed by atoms with van der Waals surface area (Å²) in [6, 6.07) is 12.7. The molecule has 146 valence electrons. The molecule has 0 unspecified atom stereocenters. The van der Waals surface area contributed by atoms with Gasteiger partial charge in [0, 0.05) is 12.5 Å². The van der Waals surface area contributed by atoms with Crippen molar-refractivity contribution in [3.8, 4) is 23.3 Å². The number of nitriles is 1. The number of nitrogens with zero attached hydrogens (tertiary/aromatic N) is 1. The van der Waals surface area contributed by atoms with Gasteiger partial charge in [-0.2, -0.15) is 5.26 Å². The van der Waals surface area contributed by atoms with Crippen molar-refractivity contribution >= 4 is 12.0 Å². The normalized spacial score (nSPS) is 10.3. The van der Waals surface area contributed by atoms with Crippen molar-refractivity contribution < 1.29 is 28.1 Å². The van der Waals surface area contributed by atoms with Crippen molar-refractivity contribution in [1.29, 1.82) is 5.26 Å². The number of methoxy groups -OCH3 is 1. The highest BCUT2D eigenvalue weighted by Crippen LogP contribution is 2.28. The second kappa shape index (κ2) is 11.2. The summed E-state index contributed by atoms with van der Waals surface area (Å²) < 4.78 is 33.7. The quantitative estimate of drug-likeness (QED) is 0.352. The van der Waals surface area contributed by atoms with Gasteiger partial charge in [-0.25, -0.2) is 9.18 Å². The molecule has 7 heteroatoms. The van der Waals surface area contributed by atoms with E-state index < -0.39 is 5.97 Å². The number of rotatable bonds is 10. The van der Waals surface area contributed by atoms with Crippen LogP contribution in [0.4, 0.5) is 4.39 Å². The Hall–Kier alpha value is -3.53. The van der Waals surface area contributed by atoms with Gasteiger partial charge in [0.05, 0.1) is 20.3 Å². The molecule has 28 heavy (non-hydrogen) atoms. The molecule has 0 aliphatic heterocycles. The number of hydrogen-bond acceptors (Lipinski definition) is 6. The van der Waals surface area contributed by atoms with Crippen molar-refractivity contribution in [2.45, 2.75) is 6.42 Å². The third-order valence-corrected chi connectivity index (χ3v) is 3.51. The van der Waals surface area contributed by atoms with Crippen LogP contribution in [0.2, 0.25) is 0 Å². The smallest absolute Gasteiger partial charge is 0.330 e. The van der Waals surface area contributed by atoms with E-state index in [1.165, 1.54) is 37.5 Å². The molecule has 0 saturated carbocycles. The number of halogens is 1. The molecule has 0 aliphatic rings. The zero-order chi connectivity index (χ0) is 20.2. The molecular formula is C21H20FNO5. The maximum atomic E-state index is 12.8. The van der Waals surface area contributed by atoms with Crippen molar-refractivity contribution in [3.05, 3.63) is 59.9 Å². The zero-order valence-electron chi connectivity index (χ0n) is 15.4. The Morgan fingerprint density at radius 1 is 1.11 bits per heavy atom. The molecule has 0 aliphatic carbocycles. The van der Waals surface area contributed by atoms with Gasteiger partial charge in [-0.05, 0) is 48.0 Å². The average molecular weight is 385 g/mol. The predicted octanol–water partition coefficient (Wildman–Crippen LogP) is 3.76. The second-order valence-corrected chi connectivity index (χ2v) is 5.51. The molecule has 0 N–H and O–H groups in total. The average Bonchev–Trinajstić information content (AvgIpc) is 2.72. The van der Waals surface area contributed by atoms with Crippen molar-refractivity contribution in [2.24, 2.45) is 0 Å². The molecule has 0 atom stereocenters. The lowest BCUT2D eigenvalue weighted by molar-refractivity contribution is -0.137. The van der Waals surface area contributed by atoms with Gasteiger partial charge in [0.15, 0.2) is 18.1 Å². The van der Waals surface area contributed by atoms with Crippen LogP contribution in [0.25, 0.3) is 6.08 Å². The minimum absolute atomic E-state index is 0.0806. The van der Waals surface area contributed by atoms with Gasteiger partial charge in [-0.1, -0.05) is 6.07 Å². The fourth-order valence-corrected chi connectivity index (χ4v) is 2.18. The zero-order valence-corrected chi connectivity index (χ0v) is 15.4. The molecule has 0 heterocycles. The first-order chi connectivity index (χ1) is 13.6. The van der Waals surface area contributed by atoms with Crippen LogP contribution in [0.3, 0.4) is 0 Å². The number of carbonyl (C=O) groups is 1. The maximum Gasteiger partial charge on any atom is 0.330 e. The van der Waals surface area contributed by atoms with Crippen LogP contribution >= 0.6 is 0 Å². The molecule has 0 fully saturated rings. The van der Waals surface area contributed by atoms with E-state index in [1.807, 2.05) is 6.07 Å². The SMILES string of the molecule is COc1cc(/C=C/C(=O)OCCCOc2ccc(F)cc2)ccc1OCC#N. The van der Waals surface area contributed by atoms with E-state index >= 15 is 0 Å². The van der Waals surface area contributed by atoms with Crippen LogP contribution < -0.4 is 14.2 Å². The van der Waals surface area contributed by atoms with Gasteiger partial charge in [-0.15, -0.1) is 0 Å². The second-order valence-electron chi connectivity index (χ2n) is 5.51. The highest BCUT2D eigenvalue weighted by Gasteiger charge is 2.05. The van der Waals surface area contributed by atoms with Crippen LogP contribution in [-0.2, 0) is 9.53 Å². The third kappa shape index (κ3) is 7.00. The van der Waals surface area contributed by atoms with E-state index in [0.717, 1.165) is 5.56 Å². The first kappa shape index (κ1) is 20.8. The van der Waals surface area contributed by atoms with Crippen LogP contribution in [0.5, 0.6) is 17.2 Å². The lowest BCUT2D eigenvalue weighted by Crippen LogP contribution is -2.06. The number of esters is 1. The van der Waals surface area contributed by atoms with Gasteiger partial charge in [0.25, 0.3) is 0 Å². The fourth-order valence-electron chi connectivity index (χ4n) is 2.18. The van der Waals surface area contributed by atoms with E-state index in [-0.39, 0.29) is 19.0 Å². The summed E-state index contributed by atoms with van der Waals surface area (Å²) in [4.78, 5) is 11.8. The Morgan fingerprint density at radius 3 is 2.61 bits per heavy atom. The predicted molar refractivity (Wildman–Crippen MR) is 101 cm³/mol. The number of ether oxygens (including phenoxy) is 4. The molecule has 0 bridgehead atoms. The van der Waals surface area contributed by atoms with E-state index in [9.17, 15) is 9.18 Å². The van der Waals surface area contributed by atoms with Crippen molar-refractivity contribution in [2.75, 3.05) is 26.9 Å². The first-order valence-electron chi connectivity index (χ1n) is 8.53. The van der Waals surface area contributed by atoms with Crippen LogP contribution in [0.1, 0.15) is 12.0 Å². The fraction of sp³-hybridized carbons (Fsp3) is 0.238. The van der Waals surface area contributed by atoms with Crippen molar-refractivity contribution in [1.82, 2.24) is 0 Å². The molecular weight excluding hydrogens is 365 g/mol. The molecule has 6 nitrogen and oxygen atoms in total. The third-order valence-electron chi connectivity index (χ3n) is 3.51. The Balaban J connectivity index is 1.74. The van der Waals surface area contributed by atoms with Crippen molar-refractivity contribution in [3.63, 3.8) is 0 Å². The number of carbonyl (C=O) groups excluding carboxylic acids is 1. The summed E-state index contributed by atoms with van der Waals surface area (Å²) in [5.74, 6) is 0.665. The van der Waals surface area contributed by atoms with Gasteiger partial charge in [-0.3, -0.25) is 0 Å². The molecule has 0 aromatic heterocycles. The van der Waals surface area contributed by atoms with E-state index in [1.54, 1.807) is 24.3 Å². The lowest BCUT2D eigenvalue weighted by Gasteiger charge is -2.08. The topological polar surface area (TPSA) is 77.8 Å². The summed E-state index contributed by atoms with van der Waals surface area (Å²) in [6.07, 6.45) is 3.41. The summed E-state index contributed by atoms with van der Waals surface area (Å²) in [5, 5.41) is 8.56. The summed E-state index contributed by atoms with van der Waals surface area (Å²) in [6.45, 7) is 0.474. The molecule has 0 saturated heterocycles. The molecule has 0 radical (unpaired) electrons. The minimum atomic E-state index is -0.481. The highest BCUT2D eigenvalue weighted by molar-refractivity contribution is 5.87. The van der Waals surface area contributed by atoms with E-state index in [0.29, 0.717) is 30.3 Å². The Kier molecular flexibility index (Phi) is 8.34. The van der Waals surface area contributed by atoms with Gasteiger partial charge < -0.3 is 18.9 Å². The summed E-state index contributed by atoms with van der Waals surface area (Å²) in [7, 11) is 1.49. The molecule has 0 spiro atoms. The molecule has 0 amide bonds. The number of hydrogen-bond donors (Lipinski definition) is 0. The Morgan fingerprint density at radius 2 is 1.89 bits per heavy atom. The molecule has 2 aromatic rings. The Labute approximate surface area is 162 Å². The monoisotopic (exact) mass is 385 g/mol. The van der Waals surface area contributed by atoms with Gasteiger partial charge >= 0.3 is 5.97 Å². The van der Waals surface area contributed by atoms with Crippen LogP contribution in [-0.4, -0.2) is 32.9 Å². The number of benzene rings is 2. The standard InChI is InChI=1S/C21H20FNO5/c1-25-20-15-16(3-9-19(20)27-14-11-23)4-10-21(24)28-13-2-12-26-18-7-5-17(22)6-8-18/h3-10,15H,2,12-14H2,1H3/b10-4+. The van der Waals surface area contributed by atoms with E-state index in [4.69, 9.17) is 24.2 Å². The minimum Gasteiger partial charge on any atom is -0.493 e. The summed E-state index contributed by atoms with van der Waals surface area (Å²) in [5.41, 5.74) is 0.720. The highest BCUT2D eigenvalue weighted by atomic mass is 19.1. The lowest BCUT2D eigenvalue weighted by atomic mass is 10.2. The Bertz CT molecular complexity index is 843. The van der Waals surface area contributed by atoms with E-state index in [2.05, 4.69) is 0 Å². The molecule has 2 aromatic carbocycles. The van der Waals surface area contributed by atoms with Crippen LogP contribution in [0, 0.1) is 17.1 Å². The van der Waals surface area contributed by atoms with Gasteiger partial charge in [0.1, 0.15) is 17.6 Å². The molecule has 2 rings (SSSR count). The first-order valence-corrected chi connectivity index (χ1v) is 8.53. The largest absolute Gasteiger partial charge is 0.493 e.